The van der Waals surface area contributed by atoms with Gasteiger partial charge >= 0.3 is 56.5 Å². The van der Waals surface area contributed by atoms with Crippen molar-refractivity contribution in [3.05, 3.63) is 39.0 Å². The maximum absolute atomic E-state index is 7.50. The molecule has 0 bridgehead atoms. The Labute approximate surface area is 110 Å². The Balaban J connectivity index is -0.0000000130. The average molecular weight is 308 g/mol. The van der Waals surface area contributed by atoms with Crippen molar-refractivity contribution < 1.29 is 44.3 Å². The Morgan fingerprint density at radius 1 is 0.750 bits per heavy atom. The summed E-state index contributed by atoms with van der Waals surface area (Å²) in [6, 6.07) is 0. The first-order valence-corrected chi connectivity index (χ1v) is 3.08. The van der Waals surface area contributed by atoms with Gasteiger partial charge in [0.2, 0.25) is 0 Å². The second-order valence-corrected chi connectivity index (χ2v) is 1.10. The summed E-state index contributed by atoms with van der Waals surface area (Å²) in [5.74, 6) is 0. The van der Waals surface area contributed by atoms with Crippen LogP contribution in [0.25, 0.3) is 5.73 Å². The van der Waals surface area contributed by atoms with Gasteiger partial charge in [-0.3, -0.25) is 0 Å². The van der Waals surface area contributed by atoms with Crippen molar-refractivity contribution in [1.82, 2.24) is 0 Å². The van der Waals surface area contributed by atoms with E-state index in [1.807, 2.05) is 0 Å². The molecule has 0 saturated carbocycles. The summed E-state index contributed by atoms with van der Waals surface area (Å²) in [4.78, 5) is 0. The molecule has 0 unspecified atom stereocenters. The van der Waals surface area contributed by atoms with E-state index in [1.54, 1.807) is 0 Å². The minimum Gasteiger partial charge on any atom is 0 e. The second kappa shape index (κ2) is 464. The molecule has 0 atom stereocenters. The van der Waals surface area contributed by atoms with Crippen LogP contribution in [0.15, 0.2) is 0 Å². The minimum atomic E-state index is 0. The van der Waals surface area contributed by atoms with Crippen LogP contribution < -0.4 is 0 Å². The predicted molar refractivity (Wildman–Crippen MR) is 43.7 cm³/mol. The molecular formula is C9H10MoNO5-. The van der Waals surface area contributed by atoms with Crippen LogP contribution in [-0.4, -0.2) is 6.54 Å². The van der Waals surface area contributed by atoms with E-state index in [2.05, 4.69) is 40.2 Å². The van der Waals surface area contributed by atoms with E-state index < -0.39 is 0 Å². The van der Waals surface area contributed by atoms with Crippen LogP contribution in [0.5, 0.6) is 0 Å². The van der Waals surface area contributed by atoms with Crippen molar-refractivity contribution in [2.24, 2.45) is 0 Å². The molecule has 16 heavy (non-hydrogen) atoms. The van der Waals surface area contributed by atoms with Crippen molar-refractivity contribution >= 4 is 0 Å². The summed E-state index contributed by atoms with van der Waals surface area (Å²) >= 11 is 0. The molecule has 0 aromatic heterocycles. The van der Waals surface area contributed by atoms with Crippen molar-refractivity contribution in [2.45, 2.75) is 19.8 Å². The number of hydrogen-bond acceptors (Lipinski definition) is 0. The molecule has 0 radical (unpaired) electrons. The van der Waals surface area contributed by atoms with Gasteiger partial charge in [0.05, 0.1) is 0 Å². The van der Waals surface area contributed by atoms with Crippen LogP contribution in [0.4, 0.5) is 0 Å². The van der Waals surface area contributed by atoms with Gasteiger partial charge in [0, 0.05) is 21.1 Å². The van der Waals surface area contributed by atoms with E-state index >= 15 is 0 Å². The molecule has 0 saturated heterocycles. The molecule has 0 spiro atoms. The Kier molecular flexibility index (Phi) is 1310. The van der Waals surface area contributed by atoms with E-state index in [1.165, 1.54) is 0 Å². The van der Waals surface area contributed by atoms with Crippen molar-refractivity contribution in [1.29, 1.82) is 0 Å². The summed E-state index contributed by atoms with van der Waals surface area (Å²) in [7, 11) is 0. The maximum atomic E-state index is 7.50. The topological polar surface area (TPSA) is 123 Å². The zero-order valence-electron chi connectivity index (χ0n) is 8.57. The monoisotopic (exact) mass is 310 g/mol. The molecule has 0 amide bonds. The van der Waals surface area contributed by atoms with Gasteiger partial charge in [0.25, 0.3) is 0 Å². The van der Waals surface area contributed by atoms with Crippen LogP contribution in [0.2, 0.25) is 0 Å². The van der Waals surface area contributed by atoms with E-state index in [4.69, 9.17) is 29.0 Å². The molecule has 0 aliphatic heterocycles. The molecule has 0 aliphatic rings. The molecule has 0 aromatic carbocycles. The fraction of sp³-hybridized carbons (Fsp3) is 0.444. The second-order valence-electron chi connectivity index (χ2n) is 1.10. The first-order chi connectivity index (χ1) is 7.41. The first-order valence-electron chi connectivity index (χ1n) is 3.08. The molecule has 0 aromatic rings. The van der Waals surface area contributed by atoms with E-state index in [0.29, 0.717) is 6.54 Å². The number of nitrogens with one attached hydrogen (secondary N) is 1. The molecule has 0 rings (SSSR count). The molecule has 1 N–H and O–H groups in total. The third-order valence-corrected chi connectivity index (χ3v) is 0.530. The molecule has 88 valence electrons. The van der Waals surface area contributed by atoms with E-state index in [-0.39, 0.29) is 21.1 Å². The maximum Gasteiger partial charge on any atom is 0 e. The molecular weight excluding hydrogens is 298 g/mol. The predicted octanol–water partition coefficient (Wildman–Crippen LogP) is 1.65. The first kappa shape index (κ1) is 45.3. The van der Waals surface area contributed by atoms with Crippen LogP contribution in [-0.2, 0) is 44.3 Å². The molecule has 0 fully saturated rings. The van der Waals surface area contributed by atoms with Crippen molar-refractivity contribution in [3.63, 3.8) is 0 Å². The van der Waals surface area contributed by atoms with Gasteiger partial charge in [-0.1, -0.05) is 19.8 Å². The van der Waals surface area contributed by atoms with Crippen molar-refractivity contribution in [2.75, 3.05) is 6.54 Å². The Hall–Kier alpha value is -0.652. The van der Waals surface area contributed by atoms with Gasteiger partial charge in [-0.15, -0.1) is 0 Å². The summed E-state index contributed by atoms with van der Waals surface area (Å²) < 4.78 is 37.5. The smallest absolute Gasteiger partial charge is 0 e. The van der Waals surface area contributed by atoms with Gasteiger partial charge in [-0.05, 0) is 0 Å². The number of unbranched alkanes of at least 4 members (excludes halogenated alkanes) is 1. The third kappa shape index (κ3) is 1120. The van der Waals surface area contributed by atoms with Crippen LogP contribution in [0.3, 0.4) is 0 Å². The zero-order chi connectivity index (χ0) is 14.1. The normalized spacial score (nSPS) is 3.25. The number of rotatable bonds is 2. The van der Waals surface area contributed by atoms with E-state index in [0.717, 1.165) is 12.8 Å². The Morgan fingerprint density at radius 2 is 0.938 bits per heavy atom. The van der Waals surface area contributed by atoms with Crippen LogP contribution >= 0.6 is 0 Å². The van der Waals surface area contributed by atoms with Gasteiger partial charge in [0.15, 0.2) is 0 Å². The fourth-order valence-corrected chi connectivity index (χ4v) is 0.177. The average Bonchev–Trinajstić information content (AvgIpc) is 2.42. The number of hydrogen-bond donors (Lipinski definition) is 0. The van der Waals surface area contributed by atoms with Gasteiger partial charge in [-0.25, -0.2) is 0 Å². The van der Waals surface area contributed by atoms with Gasteiger partial charge in [-0.2, -0.15) is 6.54 Å². The third-order valence-electron chi connectivity index (χ3n) is 0.530. The zero-order valence-corrected chi connectivity index (χ0v) is 10.6. The van der Waals surface area contributed by atoms with E-state index in [9.17, 15) is 0 Å². The van der Waals surface area contributed by atoms with Gasteiger partial charge < -0.3 is 5.73 Å². The Morgan fingerprint density at radius 3 is 0.938 bits per heavy atom. The fourth-order valence-electron chi connectivity index (χ4n) is 0.177. The molecule has 0 aliphatic carbocycles. The molecule has 0 heterocycles. The largest absolute Gasteiger partial charge is 0 e. The summed E-state index contributed by atoms with van der Waals surface area (Å²) in [6.45, 7) is 25.2. The summed E-state index contributed by atoms with van der Waals surface area (Å²) in [5.41, 5.74) is 6.60. The quantitative estimate of drug-likeness (QED) is 0.418. The standard InChI is InChI=1S/C4H10N.5CO.Mo/c1-2-3-4-5;5*1-2;/h5H,2-4H2,1H3;;;;;;/q-1;;;;;;. The summed E-state index contributed by atoms with van der Waals surface area (Å²) in [6.07, 6.45) is 2.21. The SMILES string of the molecule is CCCC[NH-].[C-]#[O+].[C-]#[O+].[C-]#[O+].[C-]#[O+].[C-]#[O+].[Mo]. The molecule has 6 nitrogen and oxygen atoms in total. The van der Waals surface area contributed by atoms with Crippen LogP contribution in [0.1, 0.15) is 19.8 Å². The van der Waals surface area contributed by atoms with Gasteiger partial charge in [0.1, 0.15) is 0 Å². The van der Waals surface area contributed by atoms with Crippen molar-refractivity contribution in [3.8, 4) is 0 Å². The van der Waals surface area contributed by atoms with Crippen LogP contribution in [0, 0.1) is 33.3 Å². The Bertz CT molecular complexity index is 113. The minimum absolute atomic E-state index is 0. The summed E-state index contributed by atoms with van der Waals surface area (Å²) in [5, 5.41) is 0. The molecule has 7 heteroatoms.